The van der Waals surface area contributed by atoms with Gasteiger partial charge in [0.2, 0.25) is 0 Å². The third-order valence-electron chi connectivity index (χ3n) is 2.73. The van der Waals surface area contributed by atoms with Crippen LogP contribution in [0.5, 0.6) is 5.75 Å². The number of carbonyl (C=O) groups excluding carboxylic acids is 2. The van der Waals surface area contributed by atoms with E-state index in [2.05, 4.69) is 10.1 Å². The molecule has 0 atom stereocenters. The SMILES string of the molecule is COC(=O)c1sccc1NC(=O)COc1ccccc1[N+](=O)[O-]. The lowest BCUT2D eigenvalue weighted by atomic mass is 10.3. The van der Waals surface area contributed by atoms with Gasteiger partial charge >= 0.3 is 11.7 Å². The quantitative estimate of drug-likeness (QED) is 0.493. The first-order valence-electron chi connectivity index (χ1n) is 6.34. The molecule has 0 spiro atoms. The number of hydrogen-bond donors (Lipinski definition) is 1. The van der Waals surface area contributed by atoms with Crippen LogP contribution in [0.4, 0.5) is 11.4 Å². The number of rotatable bonds is 6. The smallest absolute Gasteiger partial charge is 0.350 e. The predicted molar refractivity (Wildman–Crippen MR) is 82.9 cm³/mol. The summed E-state index contributed by atoms with van der Waals surface area (Å²) >= 11 is 1.13. The largest absolute Gasteiger partial charge is 0.477 e. The zero-order chi connectivity index (χ0) is 16.8. The second kappa shape index (κ2) is 7.36. The topological polar surface area (TPSA) is 108 Å². The van der Waals surface area contributed by atoms with E-state index in [4.69, 9.17) is 4.74 Å². The zero-order valence-corrected chi connectivity index (χ0v) is 12.8. The van der Waals surface area contributed by atoms with Crippen molar-refractivity contribution in [1.82, 2.24) is 0 Å². The number of nitrogens with zero attached hydrogens (tertiary/aromatic N) is 1. The molecule has 0 aliphatic carbocycles. The molecule has 9 heteroatoms. The van der Waals surface area contributed by atoms with Crippen LogP contribution in [0.1, 0.15) is 9.67 Å². The van der Waals surface area contributed by atoms with Crippen LogP contribution in [0.25, 0.3) is 0 Å². The minimum Gasteiger partial charge on any atom is -0.477 e. The van der Waals surface area contributed by atoms with Gasteiger partial charge in [0, 0.05) is 6.07 Å². The number of esters is 1. The Morgan fingerprint density at radius 2 is 2.04 bits per heavy atom. The van der Waals surface area contributed by atoms with Gasteiger partial charge in [-0.1, -0.05) is 12.1 Å². The maximum Gasteiger partial charge on any atom is 0.350 e. The Kier molecular flexibility index (Phi) is 5.26. The first-order chi connectivity index (χ1) is 11.0. The number of hydrogen-bond acceptors (Lipinski definition) is 7. The van der Waals surface area contributed by atoms with Gasteiger partial charge in [-0.15, -0.1) is 11.3 Å². The summed E-state index contributed by atoms with van der Waals surface area (Å²) in [6.07, 6.45) is 0. The summed E-state index contributed by atoms with van der Waals surface area (Å²) in [5.74, 6) is -1.12. The summed E-state index contributed by atoms with van der Waals surface area (Å²) in [6, 6.07) is 7.30. The van der Waals surface area contributed by atoms with Crippen molar-refractivity contribution in [3.05, 3.63) is 50.7 Å². The lowest BCUT2D eigenvalue weighted by Gasteiger charge is -2.08. The van der Waals surface area contributed by atoms with Crippen LogP contribution in [-0.4, -0.2) is 30.5 Å². The Bertz CT molecular complexity index is 742. The van der Waals surface area contributed by atoms with E-state index in [1.165, 1.54) is 25.3 Å². The average Bonchev–Trinajstić information content (AvgIpc) is 3.00. The number of para-hydroxylation sites is 2. The van der Waals surface area contributed by atoms with Gasteiger partial charge in [-0.3, -0.25) is 14.9 Å². The molecular weight excluding hydrogens is 324 g/mol. The number of nitro groups is 1. The van der Waals surface area contributed by atoms with Gasteiger partial charge in [0.15, 0.2) is 12.4 Å². The third kappa shape index (κ3) is 4.04. The molecule has 0 saturated carbocycles. The number of nitro benzene ring substituents is 1. The molecule has 1 aromatic carbocycles. The number of benzene rings is 1. The van der Waals surface area contributed by atoms with Crippen molar-refractivity contribution >= 4 is 34.6 Å². The molecule has 8 nitrogen and oxygen atoms in total. The summed E-state index contributed by atoms with van der Waals surface area (Å²) in [5.41, 5.74) is 0.0732. The van der Waals surface area contributed by atoms with Crippen LogP contribution in [0.15, 0.2) is 35.7 Å². The molecule has 0 aliphatic rings. The Morgan fingerprint density at radius 1 is 1.30 bits per heavy atom. The molecule has 0 aliphatic heterocycles. The highest BCUT2D eigenvalue weighted by Crippen LogP contribution is 2.26. The fourth-order valence-corrected chi connectivity index (χ4v) is 2.48. The van der Waals surface area contributed by atoms with Crippen LogP contribution in [0.2, 0.25) is 0 Å². The number of methoxy groups -OCH3 is 1. The summed E-state index contributed by atoms with van der Waals surface area (Å²) < 4.78 is 9.77. The van der Waals surface area contributed by atoms with Crippen LogP contribution < -0.4 is 10.1 Å². The zero-order valence-electron chi connectivity index (χ0n) is 12.0. The number of amides is 1. The van der Waals surface area contributed by atoms with E-state index >= 15 is 0 Å². The van der Waals surface area contributed by atoms with Gasteiger partial charge in [0.05, 0.1) is 17.7 Å². The second-order valence-electron chi connectivity index (χ2n) is 4.22. The standard InChI is InChI=1S/C14H12N2O6S/c1-21-14(18)13-9(6-7-23-13)15-12(17)8-22-11-5-3-2-4-10(11)16(19)20/h2-7H,8H2,1H3,(H,15,17). The monoisotopic (exact) mass is 336 g/mol. The normalized spacial score (nSPS) is 9.96. The molecule has 23 heavy (non-hydrogen) atoms. The molecule has 2 rings (SSSR count). The highest BCUT2D eigenvalue weighted by Gasteiger charge is 2.18. The van der Waals surface area contributed by atoms with Gasteiger partial charge in [-0.25, -0.2) is 4.79 Å². The fourth-order valence-electron chi connectivity index (χ4n) is 1.72. The Morgan fingerprint density at radius 3 is 2.74 bits per heavy atom. The van der Waals surface area contributed by atoms with Crippen LogP contribution in [0, 0.1) is 10.1 Å². The number of nitrogens with one attached hydrogen (secondary N) is 1. The minimum atomic E-state index is -0.596. The lowest BCUT2D eigenvalue weighted by molar-refractivity contribution is -0.385. The molecule has 0 unspecified atom stereocenters. The van der Waals surface area contributed by atoms with Gasteiger partial charge < -0.3 is 14.8 Å². The highest BCUT2D eigenvalue weighted by atomic mass is 32.1. The molecule has 1 N–H and O–H groups in total. The van der Waals surface area contributed by atoms with Crippen molar-refractivity contribution in [2.45, 2.75) is 0 Å². The van der Waals surface area contributed by atoms with Gasteiger partial charge in [-0.2, -0.15) is 0 Å². The number of thiophene rings is 1. The first kappa shape index (κ1) is 16.4. The molecule has 0 radical (unpaired) electrons. The third-order valence-corrected chi connectivity index (χ3v) is 3.63. The molecule has 0 fully saturated rings. The van der Waals surface area contributed by atoms with Crippen LogP contribution in [0.3, 0.4) is 0 Å². The van der Waals surface area contributed by atoms with Crippen molar-refractivity contribution < 1.29 is 24.0 Å². The van der Waals surface area contributed by atoms with Crippen LogP contribution in [-0.2, 0) is 9.53 Å². The van der Waals surface area contributed by atoms with Gasteiger partial charge in [0.1, 0.15) is 4.88 Å². The van der Waals surface area contributed by atoms with E-state index in [1.807, 2.05) is 0 Å². The molecule has 1 heterocycles. The number of carbonyl (C=O) groups is 2. The summed E-state index contributed by atoms with van der Waals surface area (Å²) in [5, 5.41) is 15.0. The molecule has 1 amide bonds. The molecule has 0 bridgehead atoms. The lowest BCUT2D eigenvalue weighted by Crippen LogP contribution is -2.21. The van der Waals surface area contributed by atoms with E-state index in [0.717, 1.165) is 11.3 Å². The maximum absolute atomic E-state index is 11.9. The molecule has 0 saturated heterocycles. The Balaban J connectivity index is 2.00. The summed E-state index contributed by atoms with van der Waals surface area (Å²) in [7, 11) is 1.24. The van der Waals surface area contributed by atoms with Crippen molar-refractivity contribution in [3.63, 3.8) is 0 Å². The average molecular weight is 336 g/mol. The summed E-state index contributed by atoms with van der Waals surface area (Å²) in [6.45, 7) is -0.429. The Hall–Kier alpha value is -2.94. The van der Waals surface area contributed by atoms with Crippen molar-refractivity contribution in [1.29, 1.82) is 0 Å². The predicted octanol–water partition coefficient (Wildman–Crippen LogP) is 2.46. The number of ether oxygens (including phenoxy) is 2. The van der Waals surface area contributed by atoms with E-state index in [-0.39, 0.29) is 16.3 Å². The minimum absolute atomic E-state index is 0.00819. The van der Waals surface area contributed by atoms with Crippen molar-refractivity contribution in [3.8, 4) is 5.75 Å². The first-order valence-corrected chi connectivity index (χ1v) is 7.22. The summed E-state index contributed by atoms with van der Waals surface area (Å²) in [4.78, 5) is 33.9. The van der Waals surface area contributed by atoms with E-state index in [1.54, 1.807) is 17.5 Å². The van der Waals surface area contributed by atoms with Crippen molar-refractivity contribution in [2.24, 2.45) is 0 Å². The van der Waals surface area contributed by atoms with Crippen molar-refractivity contribution in [2.75, 3.05) is 19.0 Å². The fraction of sp³-hybridized carbons (Fsp3) is 0.143. The maximum atomic E-state index is 11.9. The van der Waals surface area contributed by atoms with E-state index < -0.39 is 23.4 Å². The molecule has 2 aromatic rings. The van der Waals surface area contributed by atoms with Gasteiger partial charge in [0.25, 0.3) is 5.91 Å². The van der Waals surface area contributed by atoms with E-state index in [9.17, 15) is 19.7 Å². The van der Waals surface area contributed by atoms with Crippen LogP contribution >= 0.6 is 11.3 Å². The van der Waals surface area contributed by atoms with Gasteiger partial charge in [-0.05, 0) is 17.5 Å². The molecule has 1 aromatic heterocycles. The van der Waals surface area contributed by atoms with E-state index in [0.29, 0.717) is 5.69 Å². The Labute approximate surface area is 134 Å². The second-order valence-corrected chi connectivity index (χ2v) is 5.13. The molecular formula is C14H12N2O6S. The molecule has 120 valence electrons. The number of anilines is 1. The highest BCUT2D eigenvalue weighted by molar-refractivity contribution is 7.12.